The fraction of sp³-hybridized carbons (Fsp3) is 0.812. The van der Waals surface area contributed by atoms with Crippen LogP contribution in [-0.4, -0.2) is 90.4 Å². The molecule has 8 saturated carbocycles. The van der Waals surface area contributed by atoms with E-state index < -0.39 is 13.5 Å². The Balaban J connectivity index is 0.000000159. The molecular weight excluding hydrogens is 1130 g/mol. The van der Waals surface area contributed by atoms with Crippen LogP contribution in [0.15, 0.2) is 67.8 Å². The van der Waals surface area contributed by atoms with Crippen molar-refractivity contribution in [3.63, 3.8) is 0 Å². The van der Waals surface area contributed by atoms with Crippen molar-refractivity contribution in [3.8, 4) is 0 Å². The van der Waals surface area contributed by atoms with E-state index in [-0.39, 0.29) is 30.7 Å². The Bertz CT molecular complexity index is 1650. The van der Waals surface area contributed by atoms with E-state index in [0.29, 0.717) is 30.0 Å². The van der Waals surface area contributed by atoms with Crippen LogP contribution in [0.5, 0.6) is 0 Å². The van der Waals surface area contributed by atoms with Gasteiger partial charge in [-0.25, -0.2) is 0 Å². The maximum absolute atomic E-state index is 5.78. The predicted octanol–water partition coefficient (Wildman–Crippen LogP) is 20.5. The first kappa shape index (κ1) is 67.3. The molecule has 2 aliphatic heterocycles. The van der Waals surface area contributed by atoms with Gasteiger partial charge in [0.15, 0.2) is 0 Å². The summed E-state index contributed by atoms with van der Waals surface area (Å²) in [6.45, 7) is 12.8. The van der Waals surface area contributed by atoms with Crippen molar-refractivity contribution in [1.29, 1.82) is 0 Å². The molecule has 11 aliphatic rings. The summed E-state index contributed by atoms with van der Waals surface area (Å²) in [6.07, 6.45) is 62.4. The molecule has 6 unspecified atom stereocenters. The third kappa shape index (κ3) is 22.2. The van der Waals surface area contributed by atoms with E-state index in [0.717, 1.165) is 63.0 Å². The summed E-state index contributed by atoms with van der Waals surface area (Å²) >= 11 is -1.61. The van der Waals surface area contributed by atoms with Gasteiger partial charge >= 0.3 is 73.4 Å². The van der Waals surface area contributed by atoms with Crippen LogP contribution in [0.2, 0.25) is 0 Å². The van der Waals surface area contributed by atoms with E-state index in [1.54, 1.807) is 193 Å². The number of hydrogen-bond donors (Lipinski definition) is 0. The van der Waals surface area contributed by atoms with E-state index >= 15 is 0 Å². The molecule has 2 bridgehead atoms. The summed E-state index contributed by atoms with van der Waals surface area (Å²) in [5, 5.41) is 0. The van der Waals surface area contributed by atoms with Crippen LogP contribution in [0.25, 0.3) is 0 Å². The number of ether oxygens (including phenoxy) is 4. The fourth-order valence-corrected chi connectivity index (χ4v) is 28.6. The molecule has 4 nitrogen and oxygen atoms in total. The van der Waals surface area contributed by atoms with Crippen molar-refractivity contribution < 1.29 is 32.5 Å². The van der Waals surface area contributed by atoms with Crippen LogP contribution in [0, 0.1) is 35.5 Å². The number of fused-ring (bicyclic) bond motifs is 2. The molecule has 2 saturated heterocycles. The van der Waals surface area contributed by atoms with Gasteiger partial charge in [-0.15, -0.1) is 13.2 Å². The summed E-state index contributed by atoms with van der Waals surface area (Å²) in [6, 6.07) is 9.89. The monoisotopic (exact) mass is 1240 g/mol. The minimum absolute atomic E-state index is 0. The maximum atomic E-state index is 5.78. The Morgan fingerprint density at radius 2 is 0.859 bits per heavy atom. The van der Waals surface area contributed by atoms with Gasteiger partial charge in [0.2, 0.25) is 0 Å². The zero-order valence-electron chi connectivity index (χ0n) is 47.8. The van der Waals surface area contributed by atoms with Gasteiger partial charge in [-0.1, -0.05) is 77.7 Å². The van der Waals surface area contributed by atoms with Crippen molar-refractivity contribution in [2.75, 3.05) is 39.6 Å². The molecule has 2 heterocycles. The normalized spacial score (nSPS) is 29.5. The number of allylic oxidation sites excluding steroid dienone is 4. The predicted molar refractivity (Wildman–Crippen MR) is 345 cm³/mol. The van der Waals surface area contributed by atoms with Crippen molar-refractivity contribution >= 4 is 39.8 Å². The Kier molecular flexibility index (Phi) is 33.1. The zero-order valence-corrected chi connectivity index (χ0v) is 53.0. The number of hydrogen-bond acceptors (Lipinski definition) is 4. The molecular formula is C69H118Cl2O4P2Ru+2. The van der Waals surface area contributed by atoms with Crippen LogP contribution in [0.1, 0.15) is 239 Å². The molecule has 6 atom stereocenters. The average molecular weight is 1250 g/mol. The van der Waals surface area contributed by atoms with E-state index in [9.17, 15) is 0 Å². The Morgan fingerprint density at radius 3 is 1.15 bits per heavy atom. The molecule has 0 radical (unpaired) electrons. The summed E-state index contributed by atoms with van der Waals surface area (Å²) in [4.78, 5) is 0. The topological polar surface area (TPSA) is 36.9 Å². The van der Waals surface area contributed by atoms with Crippen LogP contribution in [0.3, 0.4) is 0 Å². The molecule has 0 spiro atoms. The van der Waals surface area contributed by atoms with E-state index in [2.05, 4.69) is 37.5 Å². The molecule has 9 heteroatoms. The van der Waals surface area contributed by atoms with Gasteiger partial charge in [0.25, 0.3) is 0 Å². The molecule has 1 aromatic carbocycles. The van der Waals surface area contributed by atoms with Gasteiger partial charge in [0, 0.05) is 15.8 Å². The second-order valence-electron chi connectivity index (χ2n) is 25.9. The van der Waals surface area contributed by atoms with Gasteiger partial charge < -0.3 is 18.9 Å². The van der Waals surface area contributed by atoms with Gasteiger partial charge in [-0.3, -0.25) is 0 Å². The number of rotatable bonds is 15. The first-order valence-corrected chi connectivity index (χ1v) is 41.3. The molecule has 78 heavy (non-hydrogen) atoms. The standard InChI is InChI=1S/2C18H33P.C13H20O2.C11H16O2.C7H6.2CH4.2ClH.Ru/c2*1-4-10-16(11-5-1)19(17-12-6-2-7-13-17)18-14-8-3-9-15-18;1-3-10-5-11(4-2)12(6-10)7-15-13-8-14-9-13;1-2-9-3-8(1)4-10(9)5-13-11-6-12-7-11;1-7-5-3-2-4-6-7;;;;;/h2*16-18H,1-15H2;3-4,10-13H,1-2,5-9H2;1-2,8-11H,3-7H2;1-6H;2*1H4;2*1H;/q;;;;;;;;;+2. The third-order valence-electron chi connectivity index (χ3n) is 20.6. The fourth-order valence-electron chi connectivity index (χ4n) is 16.3. The number of benzene rings is 1. The van der Waals surface area contributed by atoms with Crippen LogP contribution in [-0.2, 0) is 32.5 Å². The molecule has 448 valence electrons. The van der Waals surface area contributed by atoms with Gasteiger partial charge in [-0.2, -0.15) is 0 Å². The van der Waals surface area contributed by atoms with Crippen molar-refractivity contribution in [3.05, 3.63) is 73.4 Å². The van der Waals surface area contributed by atoms with Crippen molar-refractivity contribution in [2.45, 2.75) is 279 Å². The average Bonchev–Trinajstić information content (AvgIpc) is 4.21. The quantitative estimate of drug-likeness (QED) is 0.0996. The second-order valence-corrected chi connectivity index (χ2v) is 38.5. The van der Waals surface area contributed by atoms with Gasteiger partial charge in [-0.05, 0) is 215 Å². The Labute approximate surface area is 496 Å². The van der Waals surface area contributed by atoms with Crippen LogP contribution < -0.4 is 0 Å². The van der Waals surface area contributed by atoms with E-state index in [1.807, 2.05) is 34.9 Å². The summed E-state index contributed by atoms with van der Waals surface area (Å²) in [5.41, 5.74) is 8.48. The van der Waals surface area contributed by atoms with Crippen molar-refractivity contribution in [1.82, 2.24) is 0 Å². The van der Waals surface area contributed by atoms with E-state index in [1.165, 1.54) is 59.6 Å². The van der Waals surface area contributed by atoms with Crippen LogP contribution in [0.4, 0.5) is 0 Å². The molecule has 12 rings (SSSR count). The summed E-state index contributed by atoms with van der Waals surface area (Å²) in [5.74, 6) is 4.39. The molecule has 0 amide bonds. The first-order chi connectivity index (χ1) is 37.4. The molecule has 10 fully saturated rings. The third-order valence-corrected chi connectivity index (χ3v) is 31.6. The first-order valence-electron chi connectivity index (χ1n) is 32.4. The minimum atomic E-state index is -1.61. The second kappa shape index (κ2) is 38.3. The SMILES string of the molecule is C.C.C1=CC2CC1CC2COC1COC1.C1CCC([PH+](C2CCCCC2)C2CCCCC2)CC1.C1CCC([PH+](C2CCCCC2)C2CCCCC2)CC1.C=CC1CC(C=C)C(COC2COC2)C1.[Cl][Ru]([Cl])=[CH]c1ccccc1. The Morgan fingerprint density at radius 1 is 0.474 bits per heavy atom. The summed E-state index contributed by atoms with van der Waals surface area (Å²) < 4.78 is 23.6. The Hall–Kier alpha value is 0.213. The van der Waals surface area contributed by atoms with E-state index in [4.69, 9.17) is 38.3 Å². The van der Waals surface area contributed by atoms with Crippen LogP contribution >= 0.6 is 35.2 Å². The van der Waals surface area contributed by atoms with Gasteiger partial charge in [0.1, 0.15) is 12.2 Å². The molecule has 9 aliphatic carbocycles. The summed E-state index contributed by atoms with van der Waals surface area (Å²) in [7, 11) is 11.2. The molecule has 0 aromatic heterocycles. The number of halogens is 2. The van der Waals surface area contributed by atoms with Crippen molar-refractivity contribution in [2.24, 2.45) is 35.5 Å². The van der Waals surface area contributed by atoms with Gasteiger partial charge in [0.05, 0.1) is 73.6 Å². The zero-order chi connectivity index (χ0) is 52.6. The molecule has 0 N–H and O–H groups in total. The molecule has 1 aromatic rings.